The first kappa shape index (κ1) is 16.5. The quantitative estimate of drug-likeness (QED) is 0.813. The standard InChI is InChI=1S/C16H25NO3/c1-6-19-15(18)16(5,17)10-20-14-9-13(11(2)3)8-7-12(14)4/h7-9,11H,6,10,17H2,1-5H3. The molecule has 1 aromatic rings. The zero-order valence-electron chi connectivity index (χ0n) is 13.0. The van der Waals surface area contributed by atoms with Crippen LogP contribution in [0, 0.1) is 6.92 Å². The number of rotatable bonds is 6. The highest BCUT2D eigenvalue weighted by molar-refractivity contribution is 5.80. The molecular weight excluding hydrogens is 254 g/mol. The van der Waals surface area contributed by atoms with Crippen LogP contribution in [0.4, 0.5) is 0 Å². The Morgan fingerprint density at radius 3 is 2.60 bits per heavy atom. The molecule has 1 aromatic carbocycles. The third-order valence-corrected chi connectivity index (χ3v) is 3.15. The van der Waals surface area contributed by atoms with Crippen molar-refractivity contribution in [2.24, 2.45) is 5.73 Å². The molecule has 1 atom stereocenters. The van der Waals surface area contributed by atoms with Crippen LogP contribution >= 0.6 is 0 Å². The lowest BCUT2D eigenvalue weighted by molar-refractivity contribution is -0.150. The van der Waals surface area contributed by atoms with Gasteiger partial charge in [-0.3, -0.25) is 0 Å². The Bertz CT molecular complexity index is 467. The molecule has 0 aromatic heterocycles. The summed E-state index contributed by atoms with van der Waals surface area (Å²) >= 11 is 0. The number of nitrogens with two attached hydrogens (primary N) is 1. The van der Waals surface area contributed by atoms with Gasteiger partial charge >= 0.3 is 5.97 Å². The van der Waals surface area contributed by atoms with Crippen LogP contribution in [0.5, 0.6) is 5.75 Å². The van der Waals surface area contributed by atoms with E-state index in [1.165, 1.54) is 5.56 Å². The van der Waals surface area contributed by atoms with Crippen LogP contribution in [-0.2, 0) is 9.53 Å². The zero-order valence-corrected chi connectivity index (χ0v) is 13.0. The average molecular weight is 279 g/mol. The summed E-state index contributed by atoms with van der Waals surface area (Å²) in [5, 5.41) is 0. The van der Waals surface area contributed by atoms with E-state index in [-0.39, 0.29) is 6.61 Å². The first-order valence-corrected chi connectivity index (χ1v) is 6.97. The van der Waals surface area contributed by atoms with Gasteiger partial charge in [-0.05, 0) is 43.9 Å². The number of esters is 1. The van der Waals surface area contributed by atoms with Gasteiger partial charge < -0.3 is 15.2 Å². The first-order valence-electron chi connectivity index (χ1n) is 6.97. The molecule has 0 aliphatic carbocycles. The van der Waals surface area contributed by atoms with Crippen LogP contribution in [0.3, 0.4) is 0 Å². The first-order chi connectivity index (χ1) is 9.27. The second kappa shape index (κ2) is 6.75. The maximum Gasteiger partial charge on any atom is 0.329 e. The maximum absolute atomic E-state index is 11.7. The Morgan fingerprint density at radius 2 is 2.05 bits per heavy atom. The Morgan fingerprint density at radius 1 is 1.40 bits per heavy atom. The highest BCUT2D eigenvalue weighted by Crippen LogP contribution is 2.25. The van der Waals surface area contributed by atoms with E-state index in [0.717, 1.165) is 11.3 Å². The molecule has 0 bridgehead atoms. The summed E-state index contributed by atoms with van der Waals surface area (Å²) in [7, 11) is 0. The van der Waals surface area contributed by atoms with E-state index < -0.39 is 11.5 Å². The summed E-state index contributed by atoms with van der Waals surface area (Å²) in [6.07, 6.45) is 0. The average Bonchev–Trinajstić information content (AvgIpc) is 2.37. The predicted octanol–water partition coefficient (Wildman–Crippen LogP) is 2.78. The smallest absolute Gasteiger partial charge is 0.329 e. The summed E-state index contributed by atoms with van der Waals surface area (Å²) in [5.41, 5.74) is 7.02. The third-order valence-electron chi connectivity index (χ3n) is 3.15. The van der Waals surface area contributed by atoms with E-state index in [9.17, 15) is 4.79 Å². The molecule has 1 unspecified atom stereocenters. The fourth-order valence-corrected chi connectivity index (χ4v) is 1.71. The lowest BCUT2D eigenvalue weighted by Gasteiger charge is -2.23. The second-order valence-electron chi connectivity index (χ2n) is 5.61. The third kappa shape index (κ3) is 4.23. The minimum absolute atomic E-state index is 0.0915. The molecule has 0 aliphatic heterocycles. The van der Waals surface area contributed by atoms with E-state index in [1.54, 1.807) is 13.8 Å². The molecule has 2 N–H and O–H groups in total. The van der Waals surface area contributed by atoms with Gasteiger partial charge in [0.2, 0.25) is 0 Å². The maximum atomic E-state index is 11.7. The Kier molecular flexibility index (Phi) is 5.57. The van der Waals surface area contributed by atoms with Crippen molar-refractivity contribution in [2.75, 3.05) is 13.2 Å². The van der Waals surface area contributed by atoms with Crippen molar-refractivity contribution in [1.82, 2.24) is 0 Å². The molecule has 4 nitrogen and oxygen atoms in total. The molecule has 20 heavy (non-hydrogen) atoms. The molecule has 4 heteroatoms. The minimum atomic E-state index is -1.14. The van der Waals surface area contributed by atoms with Crippen LogP contribution < -0.4 is 10.5 Å². The summed E-state index contributed by atoms with van der Waals surface area (Å²) in [5.74, 6) is 0.738. The highest BCUT2D eigenvalue weighted by Gasteiger charge is 2.31. The lowest BCUT2D eigenvalue weighted by atomic mass is 10.0. The van der Waals surface area contributed by atoms with Crippen LogP contribution in [-0.4, -0.2) is 24.7 Å². The lowest BCUT2D eigenvalue weighted by Crippen LogP contribution is -2.51. The number of carbonyl (C=O) groups is 1. The molecule has 112 valence electrons. The van der Waals surface area contributed by atoms with Crippen molar-refractivity contribution in [1.29, 1.82) is 0 Å². The normalized spacial score (nSPS) is 13.9. The van der Waals surface area contributed by atoms with Crippen LogP contribution in [0.2, 0.25) is 0 Å². The summed E-state index contributed by atoms with van der Waals surface area (Å²) in [6, 6.07) is 6.10. The van der Waals surface area contributed by atoms with E-state index in [2.05, 4.69) is 19.9 Å². The van der Waals surface area contributed by atoms with Crippen molar-refractivity contribution in [3.05, 3.63) is 29.3 Å². The van der Waals surface area contributed by atoms with Crippen molar-refractivity contribution in [3.63, 3.8) is 0 Å². The van der Waals surface area contributed by atoms with Gasteiger partial charge in [0.05, 0.1) is 6.61 Å². The predicted molar refractivity (Wildman–Crippen MR) is 80.0 cm³/mol. The van der Waals surface area contributed by atoms with Gasteiger partial charge in [0.25, 0.3) is 0 Å². The Hall–Kier alpha value is -1.55. The summed E-state index contributed by atoms with van der Waals surface area (Å²) < 4.78 is 10.7. The van der Waals surface area contributed by atoms with E-state index in [4.69, 9.17) is 15.2 Å². The zero-order chi connectivity index (χ0) is 15.3. The fraction of sp³-hybridized carbons (Fsp3) is 0.562. The topological polar surface area (TPSA) is 61.5 Å². The molecule has 0 spiro atoms. The van der Waals surface area contributed by atoms with E-state index in [0.29, 0.717) is 12.5 Å². The van der Waals surface area contributed by atoms with Crippen molar-refractivity contribution in [3.8, 4) is 5.75 Å². The molecule has 1 rings (SSSR count). The largest absolute Gasteiger partial charge is 0.491 e. The minimum Gasteiger partial charge on any atom is -0.491 e. The van der Waals surface area contributed by atoms with Gasteiger partial charge in [0.1, 0.15) is 17.9 Å². The van der Waals surface area contributed by atoms with Gasteiger partial charge in [0.15, 0.2) is 0 Å². The molecule has 0 radical (unpaired) electrons. The Labute approximate surface area is 121 Å². The van der Waals surface area contributed by atoms with Gasteiger partial charge in [-0.1, -0.05) is 26.0 Å². The number of aryl methyl sites for hydroxylation is 1. The van der Waals surface area contributed by atoms with Gasteiger partial charge in [-0.2, -0.15) is 0 Å². The van der Waals surface area contributed by atoms with Gasteiger partial charge in [0, 0.05) is 0 Å². The molecule has 0 saturated heterocycles. The van der Waals surface area contributed by atoms with Crippen LogP contribution in [0.1, 0.15) is 44.7 Å². The number of carbonyl (C=O) groups excluding carboxylic acids is 1. The molecule has 0 aliphatic rings. The van der Waals surface area contributed by atoms with Gasteiger partial charge in [-0.15, -0.1) is 0 Å². The molecule has 0 heterocycles. The summed E-state index contributed by atoms with van der Waals surface area (Å²) in [6.45, 7) is 10.00. The van der Waals surface area contributed by atoms with E-state index >= 15 is 0 Å². The number of hydrogen-bond acceptors (Lipinski definition) is 4. The van der Waals surface area contributed by atoms with E-state index in [1.807, 2.05) is 19.1 Å². The second-order valence-corrected chi connectivity index (χ2v) is 5.61. The van der Waals surface area contributed by atoms with Gasteiger partial charge in [-0.25, -0.2) is 4.79 Å². The molecule has 0 saturated carbocycles. The molecule has 0 amide bonds. The Balaban J connectivity index is 2.79. The van der Waals surface area contributed by atoms with Crippen LogP contribution in [0.15, 0.2) is 18.2 Å². The number of hydrogen-bond donors (Lipinski definition) is 1. The van der Waals surface area contributed by atoms with Crippen molar-refractivity contribution < 1.29 is 14.3 Å². The highest BCUT2D eigenvalue weighted by atomic mass is 16.5. The number of benzene rings is 1. The van der Waals surface area contributed by atoms with Crippen molar-refractivity contribution in [2.45, 2.75) is 46.1 Å². The SMILES string of the molecule is CCOC(=O)C(C)(N)COc1cc(C(C)C)ccc1C. The molecular formula is C16H25NO3. The number of ether oxygens (including phenoxy) is 2. The monoisotopic (exact) mass is 279 g/mol. The molecule has 0 fully saturated rings. The van der Waals surface area contributed by atoms with Crippen molar-refractivity contribution >= 4 is 5.97 Å². The summed E-state index contributed by atoms with van der Waals surface area (Å²) in [4.78, 5) is 11.7. The fourth-order valence-electron chi connectivity index (χ4n) is 1.71. The van der Waals surface area contributed by atoms with Crippen LogP contribution in [0.25, 0.3) is 0 Å².